The van der Waals surface area contributed by atoms with Crippen molar-refractivity contribution in [3.63, 3.8) is 0 Å². The summed E-state index contributed by atoms with van der Waals surface area (Å²) in [7, 11) is 0. The van der Waals surface area contributed by atoms with Gasteiger partial charge in [-0.3, -0.25) is 0 Å². The Morgan fingerprint density at radius 1 is 1.24 bits per heavy atom. The van der Waals surface area contributed by atoms with Crippen molar-refractivity contribution in [3.8, 4) is 0 Å². The van der Waals surface area contributed by atoms with Crippen LogP contribution in [0.15, 0.2) is 0 Å². The van der Waals surface area contributed by atoms with Crippen molar-refractivity contribution in [2.45, 2.75) is 51.6 Å². The summed E-state index contributed by atoms with van der Waals surface area (Å²) in [6.07, 6.45) is 8.12. The van der Waals surface area contributed by atoms with Gasteiger partial charge in [0.25, 0.3) is 0 Å². The first-order valence-electron chi connectivity index (χ1n) is 7.01. The predicted molar refractivity (Wildman–Crippen MR) is 73.7 cm³/mol. The summed E-state index contributed by atoms with van der Waals surface area (Å²) in [4.78, 5) is 0. The number of halogens is 1. The van der Waals surface area contributed by atoms with Gasteiger partial charge in [-0.2, -0.15) is 0 Å². The maximum atomic E-state index is 6.24. The highest BCUT2D eigenvalue weighted by Crippen LogP contribution is 2.35. The molecule has 2 rings (SSSR count). The van der Waals surface area contributed by atoms with Crippen LogP contribution in [-0.2, 0) is 9.47 Å². The second-order valence-electron chi connectivity index (χ2n) is 5.86. The van der Waals surface area contributed by atoms with E-state index in [1.165, 1.54) is 25.7 Å². The van der Waals surface area contributed by atoms with Gasteiger partial charge in [-0.05, 0) is 31.6 Å². The predicted octanol–water partition coefficient (Wildman–Crippen LogP) is 3.77. The van der Waals surface area contributed by atoms with Gasteiger partial charge in [-0.25, -0.2) is 0 Å². The lowest BCUT2D eigenvalue weighted by Gasteiger charge is -2.38. The Hall–Kier alpha value is 0.400. The lowest BCUT2D eigenvalue weighted by atomic mass is 9.82. The molecule has 0 amide bonds. The van der Waals surface area contributed by atoms with E-state index >= 15 is 0 Å². The van der Waals surface area contributed by atoms with Gasteiger partial charge in [0, 0.05) is 24.0 Å². The third kappa shape index (κ3) is 3.68. The molecule has 100 valence electrons. The highest BCUT2D eigenvalue weighted by Gasteiger charge is 2.33. The molecule has 0 aromatic carbocycles. The average Bonchev–Trinajstić information content (AvgIpc) is 2.39. The van der Waals surface area contributed by atoms with Crippen molar-refractivity contribution in [2.75, 3.05) is 25.2 Å². The van der Waals surface area contributed by atoms with Crippen LogP contribution in [0.3, 0.4) is 0 Å². The van der Waals surface area contributed by atoms with Crippen LogP contribution in [0.2, 0.25) is 0 Å². The molecule has 2 nitrogen and oxygen atoms in total. The Morgan fingerprint density at radius 2 is 1.94 bits per heavy atom. The first-order chi connectivity index (χ1) is 8.26. The van der Waals surface area contributed by atoms with Crippen LogP contribution in [0.1, 0.15) is 45.4 Å². The van der Waals surface area contributed by atoms with E-state index in [0.717, 1.165) is 43.9 Å². The van der Waals surface area contributed by atoms with Gasteiger partial charge >= 0.3 is 0 Å². The average molecular weight is 305 g/mol. The third-order valence-electron chi connectivity index (χ3n) is 4.47. The normalized spacial score (nSPS) is 33.5. The summed E-state index contributed by atoms with van der Waals surface area (Å²) >= 11 is 3.67. The maximum Gasteiger partial charge on any atom is 0.0600 e. The molecule has 2 aliphatic rings. The minimum atomic E-state index is 0.329. The zero-order valence-corrected chi connectivity index (χ0v) is 12.5. The number of hydrogen-bond acceptors (Lipinski definition) is 2. The largest absolute Gasteiger partial charge is 0.381 e. The standard InChI is InChI=1S/C14H25BrO2/c1-12-4-2-3-5-13(12)17-11-14(10-15)6-8-16-9-7-14/h12-13H,2-11H2,1H3. The van der Waals surface area contributed by atoms with Gasteiger partial charge in [0.05, 0.1) is 12.7 Å². The van der Waals surface area contributed by atoms with E-state index in [1.807, 2.05) is 0 Å². The fourth-order valence-corrected chi connectivity index (χ4v) is 3.66. The molecule has 0 aromatic heterocycles. The van der Waals surface area contributed by atoms with Crippen LogP contribution >= 0.6 is 15.9 Å². The first kappa shape index (κ1) is 13.8. The van der Waals surface area contributed by atoms with Gasteiger partial charge in [0.2, 0.25) is 0 Å². The van der Waals surface area contributed by atoms with E-state index in [9.17, 15) is 0 Å². The second kappa shape index (κ2) is 6.53. The Bertz CT molecular complexity index is 226. The molecule has 1 aliphatic heterocycles. The molecule has 1 heterocycles. The van der Waals surface area contributed by atoms with Crippen molar-refractivity contribution in [3.05, 3.63) is 0 Å². The molecule has 3 heteroatoms. The monoisotopic (exact) mass is 304 g/mol. The van der Waals surface area contributed by atoms with Gasteiger partial charge in [0.1, 0.15) is 0 Å². The lowest BCUT2D eigenvalue weighted by Crippen LogP contribution is -2.38. The molecule has 0 bridgehead atoms. The zero-order chi connectivity index (χ0) is 12.1. The van der Waals surface area contributed by atoms with Gasteiger partial charge in [0.15, 0.2) is 0 Å². The number of alkyl halides is 1. The van der Waals surface area contributed by atoms with E-state index in [-0.39, 0.29) is 0 Å². The van der Waals surface area contributed by atoms with Crippen molar-refractivity contribution in [1.82, 2.24) is 0 Å². The van der Waals surface area contributed by atoms with E-state index in [0.29, 0.717) is 11.5 Å². The smallest absolute Gasteiger partial charge is 0.0600 e. The zero-order valence-electron chi connectivity index (χ0n) is 10.9. The van der Waals surface area contributed by atoms with Crippen molar-refractivity contribution < 1.29 is 9.47 Å². The Kier molecular flexibility index (Phi) is 5.31. The molecule has 0 N–H and O–H groups in total. The summed E-state index contributed by atoms with van der Waals surface area (Å²) < 4.78 is 11.7. The lowest BCUT2D eigenvalue weighted by molar-refractivity contribution is -0.0748. The number of ether oxygens (including phenoxy) is 2. The first-order valence-corrected chi connectivity index (χ1v) is 8.13. The molecule has 17 heavy (non-hydrogen) atoms. The second-order valence-corrected chi connectivity index (χ2v) is 6.42. The van der Waals surface area contributed by atoms with Crippen LogP contribution in [0.25, 0.3) is 0 Å². The van der Waals surface area contributed by atoms with Crippen molar-refractivity contribution in [1.29, 1.82) is 0 Å². The Labute approximate surface area is 114 Å². The summed E-state index contributed by atoms with van der Waals surface area (Å²) in [6, 6.07) is 0. The quantitative estimate of drug-likeness (QED) is 0.736. The van der Waals surface area contributed by atoms with Crippen LogP contribution in [0.5, 0.6) is 0 Å². The molecule has 2 unspecified atom stereocenters. The highest BCUT2D eigenvalue weighted by atomic mass is 79.9. The van der Waals surface area contributed by atoms with Gasteiger partial charge in [-0.1, -0.05) is 35.7 Å². The summed E-state index contributed by atoms with van der Waals surface area (Å²) in [5.41, 5.74) is 0.329. The molecular formula is C14H25BrO2. The van der Waals surface area contributed by atoms with Crippen LogP contribution in [0.4, 0.5) is 0 Å². The van der Waals surface area contributed by atoms with Gasteiger partial charge in [-0.15, -0.1) is 0 Å². The number of hydrogen-bond donors (Lipinski definition) is 0. The molecule has 2 atom stereocenters. The van der Waals surface area contributed by atoms with Crippen molar-refractivity contribution >= 4 is 15.9 Å². The molecule has 0 spiro atoms. The summed E-state index contributed by atoms with van der Waals surface area (Å²) in [5.74, 6) is 0.746. The topological polar surface area (TPSA) is 18.5 Å². The maximum absolute atomic E-state index is 6.24. The van der Waals surface area contributed by atoms with E-state index in [2.05, 4.69) is 22.9 Å². The van der Waals surface area contributed by atoms with Crippen molar-refractivity contribution in [2.24, 2.45) is 11.3 Å². The van der Waals surface area contributed by atoms with E-state index in [1.54, 1.807) is 0 Å². The molecular weight excluding hydrogens is 280 g/mol. The minimum Gasteiger partial charge on any atom is -0.381 e. The fourth-order valence-electron chi connectivity index (χ4n) is 2.93. The molecule has 0 radical (unpaired) electrons. The van der Waals surface area contributed by atoms with Crippen LogP contribution in [0, 0.1) is 11.3 Å². The summed E-state index contributed by atoms with van der Waals surface area (Å²) in [6.45, 7) is 5.05. The SMILES string of the molecule is CC1CCCCC1OCC1(CBr)CCOCC1. The molecule has 1 aliphatic carbocycles. The third-order valence-corrected chi connectivity index (χ3v) is 5.66. The van der Waals surface area contributed by atoms with Crippen LogP contribution in [-0.4, -0.2) is 31.3 Å². The van der Waals surface area contributed by atoms with E-state index < -0.39 is 0 Å². The molecule has 2 fully saturated rings. The molecule has 0 aromatic rings. The minimum absolute atomic E-state index is 0.329. The fraction of sp³-hybridized carbons (Fsp3) is 1.00. The molecule has 1 saturated carbocycles. The van der Waals surface area contributed by atoms with Gasteiger partial charge < -0.3 is 9.47 Å². The Morgan fingerprint density at radius 3 is 2.59 bits per heavy atom. The molecule has 1 saturated heterocycles. The number of rotatable bonds is 4. The summed E-state index contributed by atoms with van der Waals surface area (Å²) in [5, 5.41) is 1.05. The Balaban J connectivity index is 1.82. The highest BCUT2D eigenvalue weighted by molar-refractivity contribution is 9.09. The van der Waals surface area contributed by atoms with E-state index in [4.69, 9.17) is 9.47 Å². The van der Waals surface area contributed by atoms with Crippen LogP contribution < -0.4 is 0 Å².